The summed E-state index contributed by atoms with van der Waals surface area (Å²) < 4.78 is 54.0. The number of ether oxygens (including phenoxy) is 3. The molecule has 6 heteroatoms. The minimum absolute atomic E-state index is 0.192. The van der Waals surface area contributed by atoms with Crippen molar-refractivity contribution in [2.24, 2.45) is 0 Å². The summed E-state index contributed by atoms with van der Waals surface area (Å²) in [6.07, 6.45) is -3.84. The first-order valence-corrected chi connectivity index (χ1v) is 7.47. The number of benzene rings is 2. The van der Waals surface area contributed by atoms with Gasteiger partial charge in [-0.3, -0.25) is 0 Å². The molecular formula is C18H19F3O3. The number of aryl methyl sites for hydroxylation is 1. The molecule has 3 nitrogen and oxygen atoms in total. The Hall–Kier alpha value is -2.37. The molecule has 0 radical (unpaired) electrons. The third kappa shape index (κ3) is 5.08. The van der Waals surface area contributed by atoms with Gasteiger partial charge in [-0.05, 0) is 42.8 Å². The van der Waals surface area contributed by atoms with Crippen LogP contribution < -0.4 is 14.2 Å². The van der Waals surface area contributed by atoms with Crippen LogP contribution in [0.3, 0.4) is 0 Å². The van der Waals surface area contributed by atoms with E-state index in [0.717, 1.165) is 17.7 Å². The van der Waals surface area contributed by atoms with Gasteiger partial charge in [-0.1, -0.05) is 12.1 Å². The zero-order valence-electron chi connectivity index (χ0n) is 13.5. The normalized spacial score (nSPS) is 11.2. The monoisotopic (exact) mass is 340 g/mol. The van der Waals surface area contributed by atoms with E-state index in [0.29, 0.717) is 24.5 Å². The van der Waals surface area contributed by atoms with E-state index in [1.165, 1.54) is 12.1 Å². The van der Waals surface area contributed by atoms with Gasteiger partial charge in [0.1, 0.15) is 5.75 Å². The summed E-state index contributed by atoms with van der Waals surface area (Å²) >= 11 is 0. The molecule has 0 bridgehead atoms. The number of halogens is 3. The third-order valence-corrected chi connectivity index (χ3v) is 3.30. The lowest BCUT2D eigenvalue weighted by Crippen LogP contribution is -2.07. The van der Waals surface area contributed by atoms with Gasteiger partial charge in [-0.25, -0.2) is 0 Å². The van der Waals surface area contributed by atoms with Crippen LogP contribution in [0.5, 0.6) is 17.2 Å². The van der Waals surface area contributed by atoms with Crippen molar-refractivity contribution >= 4 is 0 Å². The molecule has 0 aliphatic carbocycles. The second kappa shape index (κ2) is 7.95. The summed E-state index contributed by atoms with van der Waals surface area (Å²) in [5, 5.41) is 0. The fourth-order valence-corrected chi connectivity index (χ4v) is 2.09. The molecule has 0 spiro atoms. The Morgan fingerprint density at radius 2 is 1.67 bits per heavy atom. The largest absolute Gasteiger partial charge is 0.493 e. The number of hydrogen-bond donors (Lipinski definition) is 0. The molecule has 0 amide bonds. The lowest BCUT2D eigenvalue weighted by atomic mass is 10.2. The Morgan fingerprint density at radius 3 is 2.38 bits per heavy atom. The molecule has 0 saturated carbocycles. The lowest BCUT2D eigenvalue weighted by molar-refractivity contribution is -0.137. The molecule has 0 saturated heterocycles. The van der Waals surface area contributed by atoms with Crippen LogP contribution in [0.15, 0.2) is 42.5 Å². The number of alkyl halides is 3. The van der Waals surface area contributed by atoms with E-state index in [4.69, 9.17) is 14.2 Å². The quantitative estimate of drug-likeness (QED) is 0.673. The third-order valence-electron chi connectivity index (χ3n) is 3.30. The molecule has 0 heterocycles. The zero-order chi connectivity index (χ0) is 17.6. The van der Waals surface area contributed by atoms with Crippen LogP contribution >= 0.6 is 0 Å². The Bertz CT molecular complexity index is 669. The number of hydrogen-bond acceptors (Lipinski definition) is 3. The van der Waals surface area contributed by atoms with E-state index >= 15 is 0 Å². The highest BCUT2D eigenvalue weighted by Gasteiger charge is 2.30. The van der Waals surface area contributed by atoms with Crippen LogP contribution in [0.2, 0.25) is 0 Å². The Balaban J connectivity index is 1.80. The molecule has 0 aromatic heterocycles. The van der Waals surface area contributed by atoms with Crippen LogP contribution in [0, 0.1) is 6.92 Å². The molecular weight excluding hydrogens is 321 g/mol. The van der Waals surface area contributed by atoms with Gasteiger partial charge < -0.3 is 14.2 Å². The maximum Gasteiger partial charge on any atom is 0.416 e. The summed E-state index contributed by atoms with van der Waals surface area (Å²) in [6.45, 7) is 2.59. The highest BCUT2D eigenvalue weighted by molar-refractivity contribution is 5.42. The molecule has 0 fully saturated rings. The Labute approximate surface area is 139 Å². The van der Waals surface area contributed by atoms with Crippen molar-refractivity contribution < 1.29 is 27.4 Å². The smallest absolute Gasteiger partial charge is 0.416 e. The summed E-state index contributed by atoms with van der Waals surface area (Å²) in [6, 6.07) is 10.4. The van der Waals surface area contributed by atoms with E-state index in [-0.39, 0.29) is 12.4 Å². The lowest BCUT2D eigenvalue weighted by Gasteiger charge is -2.12. The molecule has 0 unspecified atom stereocenters. The van der Waals surface area contributed by atoms with Crippen molar-refractivity contribution in [3.05, 3.63) is 53.6 Å². The minimum atomic E-state index is -4.37. The van der Waals surface area contributed by atoms with Gasteiger partial charge >= 0.3 is 6.18 Å². The molecule has 0 atom stereocenters. The predicted molar refractivity (Wildman–Crippen MR) is 84.8 cm³/mol. The van der Waals surface area contributed by atoms with Crippen molar-refractivity contribution in [1.82, 2.24) is 0 Å². The van der Waals surface area contributed by atoms with Crippen molar-refractivity contribution in [2.45, 2.75) is 19.5 Å². The summed E-state index contributed by atoms with van der Waals surface area (Å²) in [4.78, 5) is 0. The number of rotatable bonds is 7. The molecule has 0 N–H and O–H groups in total. The van der Waals surface area contributed by atoms with E-state index in [1.807, 2.05) is 25.1 Å². The van der Waals surface area contributed by atoms with Crippen LogP contribution in [0.4, 0.5) is 13.2 Å². The standard InChI is InChI=1S/C18H19F3O3/c1-13-7-8-16(17(11-13)22-2)24-10-4-9-23-15-6-3-5-14(12-15)18(19,20)21/h3,5-8,11-12H,4,9-10H2,1-2H3. The maximum atomic E-state index is 12.6. The molecule has 2 aromatic carbocycles. The SMILES string of the molecule is COc1cc(C)ccc1OCCCOc1cccc(C(F)(F)F)c1. The Kier molecular flexibility index (Phi) is 5.95. The van der Waals surface area contributed by atoms with Crippen LogP contribution in [-0.4, -0.2) is 20.3 Å². The number of methoxy groups -OCH3 is 1. The van der Waals surface area contributed by atoms with E-state index < -0.39 is 11.7 Å². The summed E-state index contributed by atoms with van der Waals surface area (Å²) in [7, 11) is 1.57. The first kappa shape index (κ1) is 18.0. The Morgan fingerprint density at radius 1 is 0.917 bits per heavy atom. The minimum Gasteiger partial charge on any atom is -0.493 e. The fraction of sp³-hybridized carbons (Fsp3) is 0.333. The molecule has 2 aromatic rings. The van der Waals surface area contributed by atoms with Gasteiger partial charge in [0.15, 0.2) is 11.5 Å². The van der Waals surface area contributed by atoms with Gasteiger partial charge in [0.25, 0.3) is 0 Å². The molecule has 0 aliphatic heterocycles. The summed E-state index contributed by atoms with van der Waals surface area (Å²) in [5.74, 6) is 1.47. The van der Waals surface area contributed by atoms with Gasteiger partial charge in [0.05, 0.1) is 25.9 Å². The van der Waals surface area contributed by atoms with Gasteiger partial charge in [-0.15, -0.1) is 0 Å². The van der Waals surface area contributed by atoms with Crippen molar-refractivity contribution in [3.8, 4) is 17.2 Å². The predicted octanol–water partition coefficient (Wildman–Crippen LogP) is 4.87. The average Bonchev–Trinajstić information content (AvgIpc) is 2.55. The van der Waals surface area contributed by atoms with Gasteiger partial charge in [-0.2, -0.15) is 13.2 Å². The van der Waals surface area contributed by atoms with Gasteiger partial charge in [0, 0.05) is 6.42 Å². The van der Waals surface area contributed by atoms with Crippen LogP contribution in [-0.2, 0) is 6.18 Å². The summed E-state index contributed by atoms with van der Waals surface area (Å²) in [5.41, 5.74) is 0.340. The first-order chi connectivity index (χ1) is 11.4. The van der Waals surface area contributed by atoms with E-state index in [9.17, 15) is 13.2 Å². The molecule has 0 aliphatic rings. The van der Waals surface area contributed by atoms with Crippen molar-refractivity contribution in [3.63, 3.8) is 0 Å². The molecule has 24 heavy (non-hydrogen) atoms. The second-order valence-corrected chi connectivity index (χ2v) is 5.23. The van der Waals surface area contributed by atoms with Crippen molar-refractivity contribution in [2.75, 3.05) is 20.3 Å². The highest BCUT2D eigenvalue weighted by Crippen LogP contribution is 2.31. The highest BCUT2D eigenvalue weighted by atomic mass is 19.4. The molecule has 130 valence electrons. The van der Waals surface area contributed by atoms with Gasteiger partial charge in [0.2, 0.25) is 0 Å². The van der Waals surface area contributed by atoms with Crippen LogP contribution in [0.25, 0.3) is 0 Å². The zero-order valence-corrected chi connectivity index (χ0v) is 13.5. The second-order valence-electron chi connectivity index (χ2n) is 5.23. The van der Waals surface area contributed by atoms with Crippen molar-refractivity contribution in [1.29, 1.82) is 0 Å². The average molecular weight is 340 g/mol. The fourth-order valence-electron chi connectivity index (χ4n) is 2.09. The molecule has 2 rings (SSSR count). The van der Waals surface area contributed by atoms with E-state index in [2.05, 4.69) is 0 Å². The topological polar surface area (TPSA) is 27.7 Å². The van der Waals surface area contributed by atoms with E-state index in [1.54, 1.807) is 7.11 Å². The maximum absolute atomic E-state index is 12.6. The van der Waals surface area contributed by atoms with Crippen LogP contribution in [0.1, 0.15) is 17.5 Å². The first-order valence-electron chi connectivity index (χ1n) is 7.47.